The van der Waals surface area contributed by atoms with Crippen LogP contribution in [0.15, 0.2) is 35.7 Å². The number of carbonyl (C=O) groups is 1. The van der Waals surface area contributed by atoms with Crippen molar-refractivity contribution >= 4 is 45.0 Å². The van der Waals surface area contributed by atoms with Crippen LogP contribution in [0, 0.1) is 0 Å². The maximum absolute atomic E-state index is 10.8. The zero-order chi connectivity index (χ0) is 17.4. The lowest BCUT2D eigenvalue weighted by Crippen LogP contribution is -2.46. The highest BCUT2D eigenvalue weighted by molar-refractivity contribution is 7.16. The van der Waals surface area contributed by atoms with Crippen molar-refractivity contribution in [3.8, 4) is 0 Å². The number of hydrogen-bond acceptors (Lipinski definition) is 6. The van der Waals surface area contributed by atoms with E-state index in [-0.39, 0.29) is 6.42 Å². The van der Waals surface area contributed by atoms with E-state index in [9.17, 15) is 4.79 Å². The van der Waals surface area contributed by atoms with Crippen LogP contribution >= 0.6 is 11.3 Å². The molecule has 0 saturated carbocycles. The summed E-state index contributed by atoms with van der Waals surface area (Å²) in [4.78, 5) is 23.4. The van der Waals surface area contributed by atoms with Gasteiger partial charge in [0, 0.05) is 18.3 Å². The fraction of sp³-hybridized carbons (Fsp3) is 0.278. The number of carboxylic acid groups (broad SMARTS) is 1. The number of nitrogens with one attached hydrogen (secondary N) is 1. The van der Waals surface area contributed by atoms with Crippen molar-refractivity contribution in [3.63, 3.8) is 0 Å². The van der Waals surface area contributed by atoms with Crippen LogP contribution in [0.5, 0.6) is 0 Å². The summed E-state index contributed by atoms with van der Waals surface area (Å²) < 4.78 is 0. The molecule has 0 radical (unpaired) electrons. The molecule has 0 unspecified atom stereocenters. The lowest BCUT2D eigenvalue weighted by molar-refractivity contribution is -0.136. The zero-order valence-corrected chi connectivity index (χ0v) is 14.6. The van der Waals surface area contributed by atoms with Crippen molar-refractivity contribution in [1.82, 2.24) is 9.97 Å². The number of aliphatic carboxylic acids is 1. The Morgan fingerprint density at radius 2 is 2.12 bits per heavy atom. The first-order valence-corrected chi connectivity index (χ1v) is 9.08. The van der Waals surface area contributed by atoms with Crippen molar-refractivity contribution in [2.75, 3.05) is 16.8 Å². The van der Waals surface area contributed by atoms with Gasteiger partial charge in [-0.05, 0) is 42.5 Å². The number of anilines is 3. The van der Waals surface area contributed by atoms with E-state index < -0.39 is 5.97 Å². The summed E-state index contributed by atoms with van der Waals surface area (Å²) in [6.07, 6.45) is 1.19. The Morgan fingerprint density at radius 1 is 1.32 bits per heavy atom. The Balaban J connectivity index is 1.64. The number of carboxylic acids is 1. The molecule has 0 spiro atoms. The molecule has 4 rings (SSSR count). The van der Waals surface area contributed by atoms with E-state index >= 15 is 0 Å². The number of aromatic nitrogens is 2. The maximum atomic E-state index is 10.8. The molecular weight excluding hydrogens is 336 g/mol. The summed E-state index contributed by atoms with van der Waals surface area (Å²) in [5.74, 6) is 0.717. The van der Waals surface area contributed by atoms with Crippen LogP contribution < -0.4 is 10.2 Å². The van der Waals surface area contributed by atoms with Crippen LogP contribution in [0.1, 0.15) is 18.9 Å². The molecule has 7 heteroatoms. The molecule has 1 atom stereocenters. The van der Waals surface area contributed by atoms with E-state index in [2.05, 4.69) is 22.1 Å². The van der Waals surface area contributed by atoms with E-state index in [1.807, 2.05) is 35.7 Å². The molecule has 0 aliphatic carbocycles. The lowest BCUT2D eigenvalue weighted by Gasteiger charge is -2.38. The van der Waals surface area contributed by atoms with Crippen molar-refractivity contribution in [1.29, 1.82) is 0 Å². The average molecular weight is 354 g/mol. The Labute approximate surface area is 149 Å². The third-order valence-electron chi connectivity index (χ3n) is 4.46. The van der Waals surface area contributed by atoms with Gasteiger partial charge in [0.15, 0.2) is 0 Å². The molecular formula is C18H18N4O2S. The molecule has 1 aromatic carbocycles. The normalized spacial score (nSPS) is 16.7. The first-order valence-electron chi connectivity index (χ1n) is 8.20. The number of rotatable bonds is 5. The molecule has 1 fully saturated rings. The van der Waals surface area contributed by atoms with E-state index in [4.69, 9.17) is 10.1 Å². The summed E-state index contributed by atoms with van der Waals surface area (Å²) in [7, 11) is 0. The molecule has 2 N–H and O–H groups in total. The lowest BCUT2D eigenvalue weighted by atomic mass is 10.1. The second kappa shape index (κ2) is 6.33. The van der Waals surface area contributed by atoms with Gasteiger partial charge in [0.05, 0.1) is 11.8 Å². The van der Waals surface area contributed by atoms with Gasteiger partial charge in [-0.15, -0.1) is 11.3 Å². The van der Waals surface area contributed by atoms with Gasteiger partial charge in [0.1, 0.15) is 10.6 Å². The number of thiophene rings is 1. The van der Waals surface area contributed by atoms with Gasteiger partial charge in [-0.3, -0.25) is 4.79 Å². The van der Waals surface area contributed by atoms with Gasteiger partial charge in [-0.2, -0.15) is 4.98 Å². The fourth-order valence-electron chi connectivity index (χ4n) is 2.90. The van der Waals surface area contributed by atoms with E-state index in [1.54, 1.807) is 11.3 Å². The van der Waals surface area contributed by atoms with E-state index in [0.717, 1.165) is 39.8 Å². The van der Waals surface area contributed by atoms with Crippen LogP contribution in [0.25, 0.3) is 10.2 Å². The minimum absolute atomic E-state index is 0.0273. The van der Waals surface area contributed by atoms with Crippen molar-refractivity contribution in [2.24, 2.45) is 0 Å². The third kappa shape index (κ3) is 3.15. The quantitative estimate of drug-likeness (QED) is 0.728. The molecule has 0 amide bonds. The maximum Gasteiger partial charge on any atom is 0.307 e. The molecule has 128 valence electrons. The third-order valence-corrected chi connectivity index (χ3v) is 5.27. The van der Waals surface area contributed by atoms with Crippen LogP contribution in [0.3, 0.4) is 0 Å². The van der Waals surface area contributed by atoms with Gasteiger partial charge in [0.25, 0.3) is 0 Å². The molecule has 3 heterocycles. The number of fused-ring (bicyclic) bond motifs is 1. The van der Waals surface area contributed by atoms with Gasteiger partial charge in [-0.25, -0.2) is 4.98 Å². The van der Waals surface area contributed by atoms with Gasteiger partial charge < -0.3 is 15.3 Å². The van der Waals surface area contributed by atoms with Crippen LogP contribution in [-0.4, -0.2) is 33.6 Å². The molecule has 25 heavy (non-hydrogen) atoms. The smallest absolute Gasteiger partial charge is 0.307 e. The van der Waals surface area contributed by atoms with Gasteiger partial charge in [-0.1, -0.05) is 12.1 Å². The van der Waals surface area contributed by atoms with E-state index in [0.29, 0.717) is 6.04 Å². The predicted molar refractivity (Wildman–Crippen MR) is 99.9 cm³/mol. The second-order valence-electron chi connectivity index (χ2n) is 6.24. The number of hydrogen-bond donors (Lipinski definition) is 2. The first kappa shape index (κ1) is 15.8. The zero-order valence-electron chi connectivity index (χ0n) is 13.8. The minimum Gasteiger partial charge on any atom is -0.481 e. The molecule has 1 saturated heterocycles. The van der Waals surface area contributed by atoms with Crippen LogP contribution in [0.2, 0.25) is 0 Å². The van der Waals surface area contributed by atoms with Crippen LogP contribution in [-0.2, 0) is 11.2 Å². The fourth-order valence-corrected chi connectivity index (χ4v) is 3.66. The minimum atomic E-state index is -0.829. The molecule has 1 aliphatic rings. The van der Waals surface area contributed by atoms with Crippen molar-refractivity contribution in [2.45, 2.75) is 25.8 Å². The van der Waals surface area contributed by atoms with Crippen molar-refractivity contribution < 1.29 is 9.90 Å². The Morgan fingerprint density at radius 3 is 2.76 bits per heavy atom. The molecule has 2 aromatic heterocycles. The Hall–Kier alpha value is -2.67. The van der Waals surface area contributed by atoms with E-state index in [1.165, 1.54) is 6.42 Å². The average Bonchev–Trinajstić information content (AvgIpc) is 3.03. The summed E-state index contributed by atoms with van der Waals surface area (Å²) >= 11 is 1.61. The highest BCUT2D eigenvalue weighted by Gasteiger charge is 2.27. The SMILES string of the molecule is C[C@H]1CCN1c1nc(Nc2ccc(CC(=O)O)cc2)c2ccsc2n1. The highest BCUT2D eigenvalue weighted by Crippen LogP contribution is 2.32. The molecule has 0 bridgehead atoms. The largest absolute Gasteiger partial charge is 0.481 e. The summed E-state index contributed by atoms with van der Waals surface area (Å²) in [5.41, 5.74) is 1.65. The molecule has 3 aromatic rings. The molecule has 6 nitrogen and oxygen atoms in total. The summed E-state index contributed by atoms with van der Waals surface area (Å²) in [5, 5.41) is 15.2. The topological polar surface area (TPSA) is 78.4 Å². The van der Waals surface area contributed by atoms with Crippen LogP contribution in [0.4, 0.5) is 17.5 Å². The van der Waals surface area contributed by atoms with Gasteiger partial charge in [0.2, 0.25) is 5.95 Å². The number of benzene rings is 1. The monoisotopic (exact) mass is 354 g/mol. The predicted octanol–water partition coefficient (Wildman–Crippen LogP) is 3.66. The summed E-state index contributed by atoms with van der Waals surface area (Å²) in [6, 6.07) is 9.89. The van der Waals surface area contributed by atoms with Gasteiger partial charge >= 0.3 is 5.97 Å². The standard InChI is InChI=1S/C18H18N4O2S/c1-11-6-8-22(11)18-20-16(14-7-9-25-17(14)21-18)19-13-4-2-12(3-5-13)10-15(23)24/h2-5,7,9,11H,6,8,10H2,1H3,(H,23,24)(H,19,20,21)/t11-/m0/s1. The Bertz CT molecular complexity index is 922. The van der Waals surface area contributed by atoms with Crippen molar-refractivity contribution in [3.05, 3.63) is 41.3 Å². The molecule has 1 aliphatic heterocycles. The first-order chi connectivity index (χ1) is 12.1. The second-order valence-corrected chi connectivity index (χ2v) is 7.13. The summed E-state index contributed by atoms with van der Waals surface area (Å²) in [6.45, 7) is 3.17. The Kier molecular flexibility index (Phi) is 4.01. The number of nitrogens with zero attached hydrogens (tertiary/aromatic N) is 3. The highest BCUT2D eigenvalue weighted by atomic mass is 32.1.